The molecule has 0 aromatic heterocycles. The summed E-state index contributed by atoms with van der Waals surface area (Å²) in [7, 11) is 0.199. The summed E-state index contributed by atoms with van der Waals surface area (Å²) in [6, 6.07) is 0. The zero-order valence-electron chi connectivity index (χ0n) is 12.9. The lowest BCUT2D eigenvalue weighted by Gasteiger charge is -2.27. The molecule has 2 saturated carbocycles. The maximum absolute atomic E-state index is 6.43. The van der Waals surface area contributed by atoms with Gasteiger partial charge in [0.05, 0.1) is 0 Å². The van der Waals surface area contributed by atoms with Crippen molar-refractivity contribution < 1.29 is 9.16 Å². The minimum atomic E-state index is -1.60. The van der Waals surface area contributed by atoms with Gasteiger partial charge in [0.25, 0.3) is 0 Å². The van der Waals surface area contributed by atoms with Gasteiger partial charge in [0, 0.05) is 12.5 Å². The van der Waals surface area contributed by atoms with Crippen LogP contribution in [0.3, 0.4) is 0 Å². The van der Waals surface area contributed by atoms with Crippen LogP contribution in [-0.2, 0) is 9.16 Å². The van der Waals surface area contributed by atoms with Gasteiger partial charge in [-0.15, -0.1) is 0 Å². The predicted molar refractivity (Wildman–Crippen MR) is 78.1 cm³/mol. The van der Waals surface area contributed by atoms with Crippen LogP contribution >= 0.6 is 0 Å². The monoisotopic (exact) mass is 268 g/mol. The molecule has 0 spiro atoms. The predicted octanol–water partition coefficient (Wildman–Crippen LogP) is 4.48. The molecule has 0 aliphatic heterocycles. The van der Waals surface area contributed by atoms with Crippen LogP contribution in [0.25, 0.3) is 0 Å². The Labute approximate surface area is 113 Å². The van der Waals surface area contributed by atoms with Gasteiger partial charge in [-0.1, -0.05) is 25.8 Å². The average molecular weight is 268 g/mol. The van der Waals surface area contributed by atoms with E-state index in [0.717, 1.165) is 0 Å². The van der Waals surface area contributed by atoms with Crippen molar-refractivity contribution in [3.63, 3.8) is 0 Å². The molecule has 18 heavy (non-hydrogen) atoms. The van der Waals surface area contributed by atoms with Gasteiger partial charge in [-0.25, -0.2) is 0 Å². The van der Waals surface area contributed by atoms with Crippen LogP contribution in [-0.4, -0.2) is 21.2 Å². The first-order valence-electron chi connectivity index (χ1n) is 7.23. The summed E-state index contributed by atoms with van der Waals surface area (Å²) in [4.78, 5) is 0. The van der Waals surface area contributed by atoms with Crippen molar-refractivity contribution >= 4 is 8.32 Å². The number of ether oxygens (including phenoxy) is 1. The van der Waals surface area contributed by atoms with Gasteiger partial charge < -0.3 is 9.16 Å². The highest BCUT2D eigenvalue weighted by Crippen LogP contribution is 2.67. The van der Waals surface area contributed by atoms with E-state index >= 15 is 0 Å². The molecule has 0 bridgehead atoms. The van der Waals surface area contributed by atoms with Crippen molar-refractivity contribution in [1.29, 1.82) is 0 Å². The zero-order chi connectivity index (χ0) is 13.6. The second-order valence-electron chi connectivity index (χ2n) is 7.20. The van der Waals surface area contributed by atoms with E-state index in [9.17, 15) is 0 Å². The summed E-state index contributed by atoms with van der Waals surface area (Å²) in [6.07, 6.45) is 6.55. The minimum Gasteiger partial charge on any atom is -0.387 e. The Bertz CT molecular complexity index is 357. The normalized spacial score (nSPS) is 31.7. The van der Waals surface area contributed by atoms with E-state index in [1.807, 2.05) is 0 Å². The Kier molecular flexibility index (Phi) is 3.54. The number of rotatable bonds is 3. The lowest BCUT2D eigenvalue weighted by atomic mass is 9.93. The molecule has 0 aromatic carbocycles. The van der Waals surface area contributed by atoms with Crippen LogP contribution in [0, 0.1) is 5.41 Å². The molecule has 0 saturated heterocycles. The van der Waals surface area contributed by atoms with E-state index in [4.69, 9.17) is 9.16 Å². The van der Waals surface area contributed by atoms with E-state index in [-0.39, 0.29) is 5.41 Å². The Balaban J connectivity index is 2.32. The second kappa shape index (κ2) is 4.46. The number of hydrogen-bond donors (Lipinski definition) is 0. The summed E-state index contributed by atoms with van der Waals surface area (Å²) in [5.41, 5.74) is 3.14. The smallest absolute Gasteiger partial charge is 0.191 e. The first-order chi connectivity index (χ1) is 8.24. The third-order valence-electron chi connectivity index (χ3n) is 4.26. The topological polar surface area (TPSA) is 18.5 Å². The highest BCUT2D eigenvalue weighted by molar-refractivity contribution is 6.69. The van der Waals surface area contributed by atoms with Crippen molar-refractivity contribution in [2.24, 2.45) is 5.41 Å². The third-order valence-corrected chi connectivity index (χ3v) is 5.16. The van der Waals surface area contributed by atoms with Crippen LogP contribution in [0.4, 0.5) is 0 Å². The number of allylic oxidation sites excluding steroid dienone is 1. The lowest BCUT2D eigenvalue weighted by Crippen LogP contribution is -2.37. The van der Waals surface area contributed by atoms with Gasteiger partial charge in [-0.05, 0) is 50.9 Å². The molecule has 0 heterocycles. The minimum absolute atomic E-state index is 0.0642. The maximum Gasteiger partial charge on any atom is 0.191 e. The molecule has 0 amide bonds. The van der Waals surface area contributed by atoms with Crippen LogP contribution in [0.1, 0.15) is 46.0 Å². The average Bonchev–Trinajstić information content (AvgIpc) is 2.74. The highest BCUT2D eigenvalue weighted by Gasteiger charge is 2.71. The van der Waals surface area contributed by atoms with E-state index in [1.165, 1.54) is 37.7 Å². The van der Waals surface area contributed by atoms with Crippen LogP contribution in [0.15, 0.2) is 11.1 Å². The summed E-state index contributed by atoms with van der Waals surface area (Å²) in [5.74, 6) is -0.413. The maximum atomic E-state index is 6.43. The first-order valence-corrected chi connectivity index (χ1v) is 10.6. The first kappa shape index (κ1) is 14.3. The number of hydrogen-bond acceptors (Lipinski definition) is 2. The molecule has 1 atom stereocenters. The van der Waals surface area contributed by atoms with Crippen LogP contribution < -0.4 is 0 Å². The Hall–Kier alpha value is -0.123. The standard InChI is InChI=1S/C15H28O2Si/c1-14(2)13(12-10-8-7-9-11-12)15(14,16-3)17-18(4,5)6/h7-11H2,1-6H3. The third kappa shape index (κ3) is 2.21. The number of methoxy groups -OCH3 is 1. The van der Waals surface area contributed by atoms with Crippen molar-refractivity contribution in [3.05, 3.63) is 11.1 Å². The van der Waals surface area contributed by atoms with Crippen molar-refractivity contribution in [2.45, 2.75) is 71.4 Å². The molecule has 2 fully saturated rings. The Morgan fingerprint density at radius 1 is 1.00 bits per heavy atom. The molecule has 104 valence electrons. The summed E-state index contributed by atoms with van der Waals surface area (Å²) < 4.78 is 12.3. The fourth-order valence-electron chi connectivity index (χ4n) is 3.50. The highest BCUT2D eigenvalue weighted by atomic mass is 28.4. The Morgan fingerprint density at radius 2 is 1.56 bits per heavy atom. The van der Waals surface area contributed by atoms with Crippen LogP contribution in [0.5, 0.6) is 0 Å². The van der Waals surface area contributed by atoms with E-state index in [0.29, 0.717) is 0 Å². The molecule has 2 rings (SSSR count). The molecular formula is C15H28O2Si. The van der Waals surface area contributed by atoms with Gasteiger partial charge in [-0.3, -0.25) is 0 Å². The van der Waals surface area contributed by atoms with Gasteiger partial charge in [0.15, 0.2) is 14.1 Å². The molecule has 1 unspecified atom stereocenters. The van der Waals surface area contributed by atoms with E-state index < -0.39 is 14.1 Å². The summed E-state index contributed by atoms with van der Waals surface area (Å²) >= 11 is 0. The molecular weight excluding hydrogens is 240 g/mol. The zero-order valence-corrected chi connectivity index (χ0v) is 13.9. The summed E-state index contributed by atoms with van der Waals surface area (Å²) in [5, 5.41) is 0. The fourth-order valence-corrected chi connectivity index (χ4v) is 4.80. The van der Waals surface area contributed by atoms with Crippen LogP contribution in [0.2, 0.25) is 19.6 Å². The molecule has 0 N–H and O–H groups in total. The van der Waals surface area contributed by atoms with Gasteiger partial charge >= 0.3 is 0 Å². The second-order valence-corrected chi connectivity index (χ2v) is 11.6. The van der Waals surface area contributed by atoms with E-state index in [1.54, 1.807) is 12.7 Å². The quantitative estimate of drug-likeness (QED) is 0.427. The molecule has 3 heteroatoms. The molecule has 0 aromatic rings. The van der Waals surface area contributed by atoms with E-state index in [2.05, 4.69) is 33.5 Å². The fraction of sp³-hybridized carbons (Fsp3) is 0.867. The van der Waals surface area contributed by atoms with Crippen molar-refractivity contribution in [2.75, 3.05) is 7.11 Å². The molecule has 2 nitrogen and oxygen atoms in total. The summed E-state index contributed by atoms with van der Waals surface area (Å²) in [6.45, 7) is 11.3. The van der Waals surface area contributed by atoms with Gasteiger partial charge in [-0.2, -0.15) is 0 Å². The molecule has 2 aliphatic carbocycles. The van der Waals surface area contributed by atoms with Crippen molar-refractivity contribution in [1.82, 2.24) is 0 Å². The molecule has 2 aliphatic rings. The SMILES string of the molecule is COC1(O[Si](C)(C)C)C(=C2CCCCC2)C1(C)C. The molecule has 0 radical (unpaired) electrons. The van der Waals surface area contributed by atoms with Gasteiger partial charge in [0.1, 0.15) is 0 Å². The Morgan fingerprint density at radius 3 is 2.00 bits per heavy atom. The largest absolute Gasteiger partial charge is 0.387 e. The van der Waals surface area contributed by atoms with Crippen molar-refractivity contribution in [3.8, 4) is 0 Å². The lowest BCUT2D eigenvalue weighted by molar-refractivity contribution is -0.105. The van der Waals surface area contributed by atoms with Gasteiger partial charge in [0.2, 0.25) is 0 Å².